The molecule has 0 aliphatic heterocycles. The lowest BCUT2D eigenvalue weighted by Gasteiger charge is -2.34. The Bertz CT molecular complexity index is 3620. The molecular formula is C64H46N2. The summed E-state index contributed by atoms with van der Waals surface area (Å²) >= 11 is 0. The summed E-state index contributed by atoms with van der Waals surface area (Å²) in [6.07, 6.45) is 0. The molecular weight excluding hydrogens is 797 g/mol. The molecule has 1 heterocycles. The van der Waals surface area contributed by atoms with Crippen molar-refractivity contribution in [2.24, 2.45) is 0 Å². The van der Waals surface area contributed by atoms with Gasteiger partial charge in [-0.25, -0.2) is 0 Å². The molecule has 11 aromatic rings. The molecule has 0 N–H and O–H groups in total. The molecule has 0 fully saturated rings. The van der Waals surface area contributed by atoms with Gasteiger partial charge >= 0.3 is 0 Å². The third-order valence-electron chi connectivity index (χ3n) is 14.7. The molecule has 0 atom stereocenters. The number of nitrogens with zero attached hydrogens (tertiary/aromatic N) is 2. The fourth-order valence-corrected chi connectivity index (χ4v) is 11.8. The number of anilines is 3. The standard InChI is InChI=1S/C64H46N2/c1-63(2)56-29-15-12-25-51(56)52-39-37-49(42-59(52)63)65(48-38-40-61-55(41-48)53-26-14-17-32-60(53)66(61)46-23-10-5-11-24-46)47-35-33-43(34-36-47)50-28-18-31-58-62(50)54-27-13-16-30-57(54)64(58,44-19-6-3-7-20-44)45-21-8-4-9-22-45/h3-42H,1-2H3. The highest BCUT2D eigenvalue weighted by molar-refractivity contribution is 6.11. The number of rotatable bonds is 7. The number of aromatic nitrogens is 1. The highest BCUT2D eigenvalue weighted by Gasteiger charge is 2.46. The molecule has 13 rings (SSSR count). The van der Waals surface area contributed by atoms with Crippen LogP contribution in [0.4, 0.5) is 17.1 Å². The van der Waals surface area contributed by atoms with Crippen LogP contribution in [0.25, 0.3) is 60.9 Å². The summed E-state index contributed by atoms with van der Waals surface area (Å²) in [6, 6.07) is 89.9. The summed E-state index contributed by atoms with van der Waals surface area (Å²) in [5.74, 6) is 0. The fraction of sp³-hybridized carbons (Fsp3) is 0.0625. The van der Waals surface area contributed by atoms with Crippen LogP contribution in [0.1, 0.15) is 47.2 Å². The molecule has 1 aromatic heterocycles. The summed E-state index contributed by atoms with van der Waals surface area (Å²) in [5, 5.41) is 2.46. The summed E-state index contributed by atoms with van der Waals surface area (Å²) in [7, 11) is 0. The number of para-hydroxylation sites is 2. The molecule has 10 aromatic carbocycles. The molecule has 2 aliphatic carbocycles. The molecule has 66 heavy (non-hydrogen) atoms. The van der Waals surface area contributed by atoms with Gasteiger partial charge in [0.25, 0.3) is 0 Å². The van der Waals surface area contributed by atoms with Gasteiger partial charge in [0.05, 0.1) is 16.4 Å². The first-order valence-electron chi connectivity index (χ1n) is 23.1. The quantitative estimate of drug-likeness (QED) is 0.155. The largest absolute Gasteiger partial charge is 0.310 e. The molecule has 2 aliphatic rings. The van der Waals surface area contributed by atoms with E-state index in [0.29, 0.717) is 0 Å². The summed E-state index contributed by atoms with van der Waals surface area (Å²) in [5.41, 5.74) is 21.9. The van der Waals surface area contributed by atoms with Gasteiger partial charge in [-0.2, -0.15) is 0 Å². The Morgan fingerprint density at radius 1 is 0.348 bits per heavy atom. The lowest BCUT2D eigenvalue weighted by Crippen LogP contribution is -2.28. The van der Waals surface area contributed by atoms with Crippen LogP contribution in [0.5, 0.6) is 0 Å². The van der Waals surface area contributed by atoms with Gasteiger partial charge in [0.15, 0.2) is 0 Å². The average Bonchev–Trinajstić information content (AvgIpc) is 3.96. The predicted octanol–water partition coefficient (Wildman–Crippen LogP) is 16.6. The van der Waals surface area contributed by atoms with Gasteiger partial charge in [0.1, 0.15) is 0 Å². The zero-order valence-electron chi connectivity index (χ0n) is 37.0. The minimum Gasteiger partial charge on any atom is -0.310 e. The van der Waals surface area contributed by atoms with Crippen LogP contribution in [0.15, 0.2) is 243 Å². The van der Waals surface area contributed by atoms with Gasteiger partial charge in [-0.15, -0.1) is 0 Å². The Hall–Kier alpha value is -8.20. The van der Waals surface area contributed by atoms with E-state index < -0.39 is 5.41 Å². The Kier molecular flexibility index (Phi) is 8.51. The molecule has 0 saturated carbocycles. The van der Waals surface area contributed by atoms with Crippen LogP contribution in [-0.2, 0) is 10.8 Å². The molecule has 0 unspecified atom stereocenters. The van der Waals surface area contributed by atoms with E-state index >= 15 is 0 Å². The fourth-order valence-electron chi connectivity index (χ4n) is 11.8. The van der Waals surface area contributed by atoms with E-state index in [4.69, 9.17) is 0 Å². The lowest BCUT2D eigenvalue weighted by molar-refractivity contribution is 0.660. The zero-order valence-corrected chi connectivity index (χ0v) is 37.0. The molecule has 0 amide bonds. The maximum Gasteiger partial charge on any atom is 0.0713 e. The highest BCUT2D eigenvalue weighted by Crippen LogP contribution is 2.58. The number of fused-ring (bicyclic) bond motifs is 9. The van der Waals surface area contributed by atoms with Crippen LogP contribution in [0, 0.1) is 0 Å². The van der Waals surface area contributed by atoms with Crippen LogP contribution in [-0.4, -0.2) is 4.57 Å². The molecule has 2 nitrogen and oxygen atoms in total. The maximum absolute atomic E-state index is 2.46. The Labute approximate surface area is 386 Å². The van der Waals surface area contributed by atoms with Crippen molar-refractivity contribution in [3.63, 3.8) is 0 Å². The van der Waals surface area contributed by atoms with Gasteiger partial charge in [-0.05, 0) is 127 Å². The van der Waals surface area contributed by atoms with Gasteiger partial charge < -0.3 is 9.47 Å². The van der Waals surface area contributed by atoms with Crippen molar-refractivity contribution < 1.29 is 0 Å². The average molecular weight is 843 g/mol. The van der Waals surface area contributed by atoms with Crippen LogP contribution < -0.4 is 4.90 Å². The van der Waals surface area contributed by atoms with Crippen molar-refractivity contribution in [2.75, 3.05) is 4.90 Å². The van der Waals surface area contributed by atoms with Crippen LogP contribution >= 0.6 is 0 Å². The molecule has 0 bridgehead atoms. The van der Waals surface area contributed by atoms with Crippen molar-refractivity contribution in [1.29, 1.82) is 0 Å². The van der Waals surface area contributed by atoms with Gasteiger partial charge in [0.2, 0.25) is 0 Å². The summed E-state index contributed by atoms with van der Waals surface area (Å²) in [4.78, 5) is 2.46. The first kappa shape index (κ1) is 38.3. The van der Waals surface area contributed by atoms with Gasteiger partial charge in [-0.3, -0.25) is 0 Å². The number of hydrogen-bond donors (Lipinski definition) is 0. The van der Waals surface area contributed by atoms with Crippen LogP contribution in [0.2, 0.25) is 0 Å². The van der Waals surface area contributed by atoms with E-state index in [1.165, 1.54) is 88.6 Å². The lowest BCUT2D eigenvalue weighted by atomic mass is 9.67. The van der Waals surface area contributed by atoms with Crippen molar-refractivity contribution in [3.05, 3.63) is 276 Å². The molecule has 2 heteroatoms. The van der Waals surface area contributed by atoms with E-state index in [0.717, 1.165) is 22.7 Å². The van der Waals surface area contributed by atoms with Crippen molar-refractivity contribution in [2.45, 2.75) is 24.7 Å². The SMILES string of the molecule is CC1(C)c2ccccc2-c2ccc(N(c3ccc(-c4cccc5c4-c4ccccc4C5(c4ccccc4)c4ccccc4)cc3)c3ccc4c(c3)c3ccccc3n4-c3ccccc3)cc21. The predicted molar refractivity (Wildman–Crippen MR) is 276 cm³/mol. The minimum absolute atomic E-state index is 0.136. The second kappa shape index (κ2) is 14.7. The van der Waals surface area contributed by atoms with E-state index in [-0.39, 0.29) is 5.41 Å². The molecule has 0 saturated heterocycles. The van der Waals surface area contributed by atoms with Gasteiger partial charge in [-0.1, -0.05) is 196 Å². The maximum atomic E-state index is 2.46. The molecule has 312 valence electrons. The van der Waals surface area contributed by atoms with Gasteiger partial charge in [0, 0.05) is 38.9 Å². The highest BCUT2D eigenvalue weighted by atomic mass is 15.1. The van der Waals surface area contributed by atoms with Crippen molar-refractivity contribution in [1.82, 2.24) is 4.57 Å². The van der Waals surface area contributed by atoms with E-state index in [1.54, 1.807) is 0 Å². The first-order valence-corrected chi connectivity index (χ1v) is 23.1. The van der Waals surface area contributed by atoms with Crippen molar-refractivity contribution in [3.8, 4) is 39.1 Å². The van der Waals surface area contributed by atoms with E-state index in [1.807, 2.05) is 0 Å². The molecule has 0 spiro atoms. The normalized spacial score (nSPS) is 13.8. The Morgan fingerprint density at radius 2 is 0.879 bits per heavy atom. The third-order valence-corrected chi connectivity index (χ3v) is 14.7. The zero-order chi connectivity index (χ0) is 44.0. The smallest absolute Gasteiger partial charge is 0.0713 e. The van der Waals surface area contributed by atoms with Crippen LogP contribution in [0.3, 0.4) is 0 Å². The second-order valence-corrected chi connectivity index (χ2v) is 18.4. The monoisotopic (exact) mass is 842 g/mol. The minimum atomic E-state index is -0.454. The van der Waals surface area contributed by atoms with E-state index in [9.17, 15) is 0 Å². The summed E-state index contributed by atoms with van der Waals surface area (Å²) < 4.78 is 2.39. The topological polar surface area (TPSA) is 8.17 Å². The Morgan fingerprint density at radius 3 is 1.62 bits per heavy atom. The van der Waals surface area contributed by atoms with E-state index in [2.05, 4.69) is 266 Å². The molecule has 0 radical (unpaired) electrons. The van der Waals surface area contributed by atoms with Crippen molar-refractivity contribution >= 4 is 38.9 Å². The number of hydrogen-bond acceptors (Lipinski definition) is 1. The second-order valence-electron chi connectivity index (χ2n) is 18.4. The Balaban J connectivity index is 0.995. The third kappa shape index (κ3) is 5.48. The summed E-state index contributed by atoms with van der Waals surface area (Å²) in [6.45, 7) is 4.73. The first-order chi connectivity index (χ1) is 32.5. The number of benzene rings is 10.